The van der Waals surface area contributed by atoms with Crippen LogP contribution in [0.5, 0.6) is 0 Å². The number of amides is 3. The quantitative estimate of drug-likeness (QED) is 0.183. The number of hydrogen-bond acceptors (Lipinski definition) is 7. The van der Waals surface area contributed by atoms with Gasteiger partial charge >= 0.3 is 17.2 Å². The monoisotopic (exact) mass is 706 g/mol. The maximum atomic E-state index is 14.1. The maximum Gasteiger partial charge on any atom is 0.418 e. The number of imide groups is 1. The minimum atomic E-state index is -4.88. The smallest absolute Gasteiger partial charge is 0.378 e. The molecule has 0 aliphatic carbocycles. The number of carbonyl (C=O) groups is 3. The average molecular weight is 707 g/mol. The molecule has 1 saturated heterocycles. The third kappa shape index (κ3) is 5.87. The van der Waals surface area contributed by atoms with Gasteiger partial charge in [0.2, 0.25) is 17.7 Å². The number of alkyl halides is 6. The van der Waals surface area contributed by atoms with Crippen LogP contribution in [0, 0.1) is 5.92 Å². The van der Waals surface area contributed by atoms with Gasteiger partial charge in [-0.3, -0.25) is 23.7 Å². The molecule has 1 fully saturated rings. The second-order valence-corrected chi connectivity index (χ2v) is 13.4. The third-order valence-corrected chi connectivity index (χ3v) is 10.7. The van der Waals surface area contributed by atoms with Crippen LogP contribution in [-0.4, -0.2) is 41.6 Å². The molecular formula is C32H24F6N4O4S2. The maximum absolute atomic E-state index is 14.1. The Labute approximate surface area is 277 Å². The van der Waals surface area contributed by atoms with Gasteiger partial charge in [-0.1, -0.05) is 59.5 Å². The molecule has 16 heteroatoms. The van der Waals surface area contributed by atoms with Crippen molar-refractivity contribution in [2.24, 2.45) is 5.92 Å². The van der Waals surface area contributed by atoms with E-state index in [2.05, 4.69) is 5.32 Å². The molecule has 3 heterocycles. The summed E-state index contributed by atoms with van der Waals surface area (Å²) in [7, 11) is 3.61. The number of fused-ring (bicyclic) bond motifs is 2. The number of hydrogen-bond donors (Lipinski definition) is 1. The summed E-state index contributed by atoms with van der Waals surface area (Å²) in [5.74, 6) is -4.94. The lowest BCUT2D eigenvalue weighted by Gasteiger charge is -2.31. The lowest BCUT2D eigenvalue weighted by Crippen LogP contribution is -2.33. The van der Waals surface area contributed by atoms with E-state index in [-0.39, 0.29) is 5.03 Å². The van der Waals surface area contributed by atoms with E-state index in [0.29, 0.717) is 26.7 Å². The highest BCUT2D eigenvalue weighted by atomic mass is 32.2. The Hall–Kier alpha value is -4.57. The summed E-state index contributed by atoms with van der Waals surface area (Å²) in [4.78, 5) is 56.4. The summed E-state index contributed by atoms with van der Waals surface area (Å²) in [6, 6.07) is 15.4. The number of thiazole rings is 1. The van der Waals surface area contributed by atoms with E-state index in [9.17, 15) is 45.5 Å². The number of thioether (sulfide) groups is 1. The molecule has 2 aliphatic rings. The van der Waals surface area contributed by atoms with Gasteiger partial charge in [-0.25, -0.2) is 4.90 Å². The van der Waals surface area contributed by atoms with Crippen molar-refractivity contribution >= 4 is 57.9 Å². The number of para-hydroxylation sites is 2. The number of aromatic nitrogens is 1. The standard InChI is InChI=1S/C32H24F6N4O4S2/c1-40(2)17-13-11-16(12-14-17)23-24-25(28(45)42(27(24)44)21-10-6-4-8-19(21)32(36,37)38)47-29-26(23)48-30(46)41(29)15-22(43)39-20-9-5-3-7-18(20)31(33,34)35/h3-14,23-25H,15H2,1-2H3,(H,39,43)/t23-,24-,25+/m0/s1. The van der Waals surface area contributed by atoms with Crippen LogP contribution < -0.4 is 20.0 Å². The molecular weight excluding hydrogens is 682 g/mol. The van der Waals surface area contributed by atoms with Gasteiger partial charge in [0, 0.05) is 30.6 Å². The molecule has 0 spiro atoms. The second kappa shape index (κ2) is 12.1. The van der Waals surface area contributed by atoms with Gasteiger partial charge in [0.15, 0.2) is 0 Å². The summed E-state index contributed by atoms with van der Waals surface area (Å²) in [6.07, 6.45) is -9.65. The number of anilines is 3. The molecule has 48 heavy (non-hydrogen) atoms. The van der Waals surface area contributed by atoms with Crippen molar-refractivity contribution in [2.45, 2.75) is 35.1 Å². The number of nitrogens with zero attached hydrogens (tertiary/aromatic N) is 3. The van der Waals surface area contributed by atoms with Crippen molar-refractivity contribution in [3.63, 3.8) is 0 Å². The van der Waals surface area contributed by atoms with Crippen LogP contribution in [0.4, 0.5) is 43.4 Å². The molecule has 4 aromatic rings. The highest BCUT2D eigenvalue weighted by Crippen LogP contribution is 2.54. The summed E-state index contributed by atoms with van der Waals surface area (Å²) in [5, 5.41) is 1.04. The fourth-order valence-electron chi connectivity index (χ4n) is 5.91. The van der Waals surface area contributed by atoms with E-state index < -0.39 is 81.1 Å². The van der Waals surface area contributed by atoms with E-state index in [1.165, 1.54) is 12.1 Å². The number of halogens is 6. The number of benzene rings is 3. The fraction of sp³-hybridized carbons (Fsp3) is 0.250. The Balaban J connectivity index is 1.43. The van der Waals surface area contributed by atoms with E-state index in [4.69, 9.17) is 0 Å². The minimum Gasteiger partial charge on any atom is -0.378 e. The van der Waals surface area contributed by atoms with E-state index in [1.807, 2.05) is 4.90 Å². The summed E-state index contributed by atoms with van der Waals surface area (Å²) in [5.41, 5.74) is -2.12. The molecule has 0 saturated carbocycles. The van der Waals surface area contributed by atoms with E-state index in [0.717, 1.165) is 58.4 Å². The zero-order valence-electron chi connectivity index (χ0n) is 24.9. The molecule has 1 N–H and O–H groups in total. The van der Waals surface area contributed by atoms with Crippen molar-refractivity contribution in [1.29, 1.82) is 0 Å². The first kappa shape index (κ1) is 33.3. The normalized spacial score (nSPS) is 19.2. The summed E-state index contributed by atoms with van der Waals surface area (Å²) >= 11 is 1.47. The largest absolute Gasteiger partial charge is 0.418 e. The Bertz CT molecular complexity index is 1990. The van der Waals surface area contributed by atoms with Crippen LogP contribution in [0.3, 0.4) is 0 Å². The molecule has 3 amide bonds. The Morgan fingerprint density at radius 2 is 1.44 bits per heavy atom. The Morgan fingerprint density at radius 1 is 0.833 bits per heavy atom. The van der Waals surface area contributed by atoms with Gasteiger partial charge in [0.05, 0.1) is 33.4 Å². The minimum absolute atomic E-state index is 0.124. The van der Waals surface area contributed by atoms with E-state index in [1.54, 1.807) is 38.4 Å². The number of nitrogens with one attached hydrogen (secondary N) is 1. The van der Waals surface area contributed by atoms with Crippen LogP contribution in [0.15, 0.2) is 82.6 Å². The molecule has 1 aromatic heterocycles. The summed E-state index contributed by atoms with van der Waals surface area (Å²) in [6.45, 7) is -0.726. The molecule has 3 atom stereocenters. The zero-order valence-corrected chi connectivity index (χ0v) is 26.6. The fourth-order valence-corrected chi connectivity index (χ4v) is 8.69. The third-order valence-electron chi connectivity index (χ3n) is 8.08. The Morgan fingerprint density at radius 3 is 2.06 bits per heavy atom. The lowest BCUT2D eigenvalue weighted by molar-refractivity contribution is -0.138. The predicted octanol–water partition coefficient (Wildman–Crippen LogP) is 6.45. The highest BCUT2D eigenvalue weighted by Gasteiger charge is 2.57. The van der Waals surface area contributed by atoms with E-state index >= 15 is 0 Å². The first-order valence-electron chi connectivity index (χ1n) is 14.3. The van der Waals surface area contributed by atoms with Gasteiger partial charge in [0.1, 0.15) is 11.8 Å². The number of rotatable bonds is 6. The van der Waals surface area contributed by atoms with Gasteiger partial charge < -0.3 is 10.2 Å². The van der Waals surface area contributed by atoms with Crippen molar-refractivity contribution < 1.29 is 40.7 Å². The topological polar surface area (TPSA) is 91.7 Å². The molecule has 3 aromatic carbocycles. The van der Waals surface area contributed by atoms with Crippen LogP contribution in [0.25, 0.3) is 0 Å². The first-order chi connectivity index (χ1) is 22.6. The predicted molar refractivity (Wildman–Crippen MR) is 168 cm³/mol. The van der Waals surface area contributed by atoms with Gasteiger partial charge in [-0.15, -0.1) is 0 Å². The van der Waals surface area contributed by atoms with Gasteiger partial charge in [-0.05, 0) is 42.0 Å². The van der Waals surface area contributed by atoms with Gasteiger partial charge in [-0.2, -0.15) is 26.3 Å². The molecule has 0 radical (unpaired) electrons. The number of carbonyl (C=O) groups excluding carboxylic acids is 3. The zero-order chi connectivity index (χ0) is 34.7. The van der Waals surface area contributed by atoms with Crippen LogP contribution in [0.1, 0.15) is 27.5 Å². The van der Waals surface area contributed by atoms with Crippen LogP contribution in [0.2, 0.25) is 0 Å². The van der Waals surface area contributed by atoms with Crippen LogP contribution in [-0.2, 0) is 33.3 Å². The molecule has 0 unspecified atom stereocenters. The Kier molecular flexibility index (Phi) is 8.44. The van der Waals surface area contributed by atoms with Crippen molar-refractivity contribution in [2.75, 3.05) is 29.2 Å². The lowest BCUT2D eigenvalue weighted by atomic mass is 9.83. The first-order valence-corrected chi connectivity index (χ1v) is 15.9. The molecule has 2 aliphatic heterocycles. The molecule has 250 valence electrons. The molecule has 8 nitrogen and oxygen atoms in total. The summed E-state index contributed by atoms with van der Waals surface area (Å²) < 4.78 is 83.6. The molecule has 0 bridgehead atoms. The highest BCUT2D eigenvalue weighted by molar-refractivity contribution is 8.00. The van der Waals surface area contributed by atoms with Crippen LogP contribution >= 0.6 is 23.1 Å². The SMILES string of the molecule is CN(C)c1ccc([C@@H]2c3sc(=O)n(CC(=O)Nc4ccccc4C(F)(F)F)c3S[C@H]3C(=O)N(c4ccccc4C(F)(F)F)C(=O)[C@@H]23)cc1. The second-order valence-electron chi connectivity index (χ2n) is 11.3. The average Bonchev–Trinajstić information content (AvgIpc) is 3.46. The van der Waals surface area contributed by atoms with Gasteiger partial charge in [0.25, 0.3) is 0 Å². The van der Waals surface area contributed by atoms with Crippen molar-refractivity contribution in [3.8, 4) is 0 Å². The van der Waals surface area contributed by atoms with Crippen molar-refractivity contribution in [3.05, 3.63) is 104 Å². The molecule has 6 rings (SSSR count). The van der Waals surface area contributed by atoms with Crippen molar-refractivity contribution in [1.82, 2.24) is 4.57 Å².